The van der Waals surface area contributed by atoms with E-state index in [-0.39, 0.29) is 0 Å². The van der Waals surface area contributed by atoms with Crippen LogP contribution in [0.5, 0.6) is 0 Å². The maximum absolute atomic E-state index is 12.9. The lowest BCUT2D eigenvalue weighted by atomic mass is 10.0. The fourth-order valence-electron chi connectivity index (χ4n) is 0.910. The van der Waals surface area contributed by atoms with Gasteiger partial charge in [-0.1, -0.05) is 8.01 Å². The minimum atomic E-state index is -8.09. The van der Waals surface area contributed by atoms with Crippen LogP contribution in [0.25, 0.3) is 0 Å². The van der Waals surface area contributed by atoms with Gasteiger partial charge in [0.25, 0.3) is 10.0 Å². The fourth-order valence-corrected chi connectivity index (χ4v) is 2.84. The van der Waals surface area contributed by atoms with E-state index in [1.54, 1.807) is 0 Å². The number of rotatable bonds is 6. The van der Waals surface area contributed by atoms with Gasteiger partial charge in [0, 0.05) is 0 Å². The second-order valence-electron chi connectivity index (χ2n) is 3.76. The molecule has 24 heavy (non-hydrogen) atoms. The van der Waals surface area contributed by atoms with Crippen molar-refractivity contribution >= 4 is 20.4 Å². The summed E-state index contributed by atoms with van der Waals surface area (Å²) in [5.41, 5.74) is 0. The van der Waals surface area contributed by atoms with Crippen LogP contribution in [0.3, 0.4) is 0 Å². The van der Waals surface area contributed by atoms with E-state index in [1.807, 2.05) is 0 Å². The molecule has 0 amide bonds. The van der Waals surface area contributed by atoms with Crippen molar-refractivity contribution in [3.63, 3.8) is 0 Å². The van der Waals surface area contributed by atoms with Gasteiger partial charge in [-0.05, 0) is 0 Å². The van der Waals surface area contributed by atoms with Crippen LogP contribution in [-0.2, 0) is 20.4 Å². The number of alkyl halides is 11. The van der Waals surface area contributed by atoms with Crippen molar-refractivity contribution in [2.45, 2.75) is 29.2 Å². The summed E-state index contributed by atoms with van der Waals surface area (Å²) in [4.78, 5) is 0. The Bertz CT molecular complexity index is 691. The molecule has 0 aromatic carbocycles. The topological polar surface area (TPSA) is 80.3 Å². The molecule has 0 rings (SSSR count). The molecule has 0 heterocycles. The van der Waals surface area contributed by atoms with Gasteiger partial charge in [-0.2, -0.15) is 56.7 Å². The summed E-state index contributed by atoms with van der Waals surface area (Å²) in [6.45, 7) is 0. The molecule has 0 spiro atoms. The van der Waals surface area contributed by atoms with Crippen LogP contribution in [-0.4, -0.2) is 46.0 Å². The lowest BCUT2D eigenvalue weighted by molar-refractivity contribution is -0.413. The van der Waals surface area contributed by atoms with Crippen molar-refractivity contribution in [3.05, 3.63) is 0 Å². The molecular weight excluding hydrogens is 430 g/mol. The Morgan fingerprint density at radius 3 is 1.17 bits per heavy atom. The highest BCUT2D eigenvalue weighted by molar-refractivity contribution is 8.03. The van der Waals surface area contributed by atoms with Gasteiger partial charge < -0.3 is 0 Å². The Kier molecular flexibility index (Phi) is 5.29. The third kappa shape index (κ3) is 3.37. The Hall–Kier alpha value is -0.980. The van der Waals surface area contributed by atoms with Crippen molar-refractivity contribution in [1.82, 2.24) is 4.13 Å². The maximum atomic E-state index is 12.9. The standard InChI is InChI=1S/C5HF12NO4S2/c6-1(7,2(8,9)4(12,13)14)3(10,11)5(15,16)23(19,20)18-24(17,21)22/h18H. The molecule has 0 unspecified atom stereocenters. The van der Waals surface area contributed by atoms with Crippen molar-refractivity contribution in [1.29, 1.82) is 0 Å². The summed E-state index contributed by atoms with van der Waals surface area (Å²) in [5, 5.41) is -7.61. The first-order valence-corrected chi connectivity index (χ1v) is 7.38. The van der Waals surface area contributed by atoms with Gasteiger partial charge in [-0.25, -0.2) is 8.42 Å². The first-order valence-electron chi connectivity index (χ1n) is 4.51. The summed E-state index contributed by atoms with van der Waals surface area (Å²) in [5.74, 6) is -24.0. The second-order valence-corrected chi connectivity index (χ2v) is 6.82. The van der Waals surface area contributed by atoms with Crippen LogP contribution in [0, 0.1) is 0 Å². The number of sulfonamides is 1. The molecule has 0 aliphatic carbocycles. The number of halogens is 12. The molecule has 0 aromatic rings. The first-order chi connectivity index (χ1) is 9.96. The molecule has 19 heteroatoms. The fraction of sp³-hybridized carbons (Fsp3) is 1.00. The van der Waals surface area contributed by atoms with E-state index in [2.05, 4.69) is 0 Å². The Labute approximate surface area is 124 Å². The normalized spacial score (nSPS) is 16.3. The Morgan fingerprint density at radius 2 is 0.917 bits per heavy atom. The number of hydrogen-bond acceptors (Lipinski definition) is 4. The number of hydrogen-bond donors (Lipinski definition) is 1. The first kappa shape index (κ1) is 23.0. The molecule has 0 atom stereocenters. The number of nitrogens with one attached hydrogen (secondary N) is 1. The average molecular weight is 431 g/mol. The third-order valence-corrected chi connectivity index (χ3v) is 4.66. The molecule has 0 aliphatic heterocycles. The largest absolute Gasteiger partial charge is 0.460 e. The minimum absolute atomic E-state index is 0.908. The van der Waals surface area contributed by atoms with E-state index >= 15 is 0 Å². The molecule has 1 N–H and O–H groups in total. The average Bonchev–Trinajstić information content (AvgIpc) is 2.22. The smallest absolute Gasteiger partial charge is 0.205 e. The summed E-state index contributed by atoms with van der Waals surface area (Å²) in [6, 6.07) is 0. The SMILES string of the molecule is O=S(=O)(F)NS(=O)(=O)C(F)(F)C(F)(F)C(F)(F)C(F)(F)C(F)(F)F. The van der Waals surface area contributed by atoms with Crippen LogP contribution in [0.2, 0.25) is 0 Å². The van der Waals surface area contributed by atoms with E-state index in [9.17, 15) is 69.0 Å². The van der Waals surface area contributed by atoms with Crippen LogP contribution >= 0.6 is 0 Å². The second kappa shape index (κ2) is 5.51. The van der Waals surface area contributed by atoms with Crippen LogP contribution in [0.1, 0.15) is 0 Å². The van der Waals surface area contributed by atoms with Crippen molar-refractivity contribution in [2.24, 2.45) is 0 Å². The third-order valence-electron chi connectivity index (χ3n) is 2.06. The van der Waals surface area contributed by atoms with E-state index < -0.39 is 53.8 Å². The highest BCUT2D eigenvalue weighted by atomic mass is 32.3. The van der Waals surface area contributed by atoms with E-state index in [4.69, 9.17) is 0 Å². The van der Waals surface area contributed by atoms with Crippen molar-refractivity contribution in [2.75, 3.05) is 0 Å². The molecule has 0 saturated heterocycles. The summed E-state index contributed by atoms with van der Waals surface area (Å²) in [7, 11) is -14.6. The van der Waals surface area contributed by atoms with Gasteiger partial charge in [0.05, 0.1) is 0 Å². The summed E-state index contributed by atoms with van der Waals surface area (Å²) < 4.78 is 188. The highest BCUT2D eigenvalue weighted by Crippen LogP contribution is 2.58. The Morgan fingerprint density at radius 1 is 0.583 bits per heavy atom. The lowest BCUT2D eigenvalue weighted by Gasteiger charge is -2.36. The predicted molar refractivity (Wildman–Crippen MR) is 47.9 cm³/mol. The van der Waals surface area contributed by atoms with Gasteiger partial charge in [-0.15, -0.1) is 0 Å². The molecule has 0 fully saturated rings. The Balaban J connectivity index is 6.42. The zero-order valence-corrected chi connectivity index (χ0v) is 11.6. The van der Waals surface area contributed by atoms with Gasteiger partial charge in [0.2, 0.25) is 0 Å². The summed E-state index contributed by atoms with van der Waals surface area (Å²) >= 11 is 0. The van der Waals surface area contributed by atoms with Crippen LogP contribution in [0.15, 0.2) is 0 Å². The van der Waals surface area contributed by atoms with E-state index in [0.717, 1.165) is 0 Å². The molecular formula is C5HF12NO4S2. The predicted octanol–water partition coefficient (Wildman–Crippen LogP) is 2.18. The molecule has 0 radical (unpaired) electrons. The van der Waals surface area contributed by atoms with Crippen molar-refractivity contribution < 1.29 is 69.0 Å². The minimum Gasteiger partial charge on any atom is -0.205 e. The van der Waals surface area contributed by atoms with Crippen molar-refractivity contribution in [3.8, 4) is 0 Å². The van der Waals surface area contributed by atoms with Gasteiger partial charge in [0.15, 0.2) is 0 Å². The molecule has 146 valence electrons. The lowest BCUT2D eigenvalue weighted by Crippen LogP contribution is -2.69. The zero-order valence-electron chi connectivity index (χ0n) is 9.99. The molecule has 5 nitrogen and oxygen atoms in total. The molecule has 0 bridgehead atoms. The molecule has 0 saturated carbocycles. The van der Waals surface area contributed by atoms with E-state index in [1.165, 1.54) is 0 Å². The maximum Gasteiger partial charge on any atom is 0.460 e. The van der Waals surface area contributed by atoms with E-state index in [0.29, 0.717) is 0 Å². The van der Waals surface area contributed by atoms with Crippen LogP contribution in [0.4, 0.5) is 52.2 Å². The summed E-state index contributed by atoms with van der Waals surface area (Å²) in [6.07, 6.45) is -7.54. The van der Waals surface area contributed by atoms with Gasteiger partial charge >= 0.3 is 39.6 Å². The van der Waals surface area contributed by atoms with Gasteiger partial charge in [-0.3, -0.25) is 0 Å². The molecule has 0 aliphatic rings. The highest BCUT2D eigenvalue weighted by Gasteiger charge is 2.89. The van der Waals surface area contributed by atoms with Crippen LogP contribution < -0.4 is 4.13 Å². The quantitative estimate of drug-likeness (QED) is 0.517. The molecule has 0 aromatic heterocycles. The zero-order chi connectivity index (χ0) is 20.2. The monoisotopic (exact) mass is 431 g/mol. The van der Waals surface area contributed by atoms with Gasteiger partial charge in [0.1, 0.15) is 0 Å².